The summed E-state index contributed by atoms with van der Waals surface area (Å²) in [7, 11) is 1.61. The number of hydrogen-bond donors (Lipinski definition) is 1. The Morgan fingerprint density at radius 2 is 2.29 bits per heavy atom. The van der Waals surface area contributed by atoms with Gasteiger partial charge in [0.1, 0.15) is 0 Å². The molecule has 1 aromatic rings. The lowest BCUT2D eigenvalue weighted by Gasteiger charge is -2.23. The molecule has 1 fully saturated rings. The topological polar surface area (TPSA) is 55.1 Å². The van der Waals surface area contributed by atoms with E-state index in [9.17, 15) is 4.79 Å². The molecule has 14 heavy (non-hydrogen) atoms. The summed E-state index contributed by atoms with van der Waals surface area (Å²) in [5.41, 5.74) is 0.839. The maximum Gasteiger partial charge on any atom is 0.355 e. The van der Waals surface area contributed by atoms with E-state index in [1.165, 1.54) is 11.1 Å². The highest BCUT2D eigenvalue weighted by molar-refractivity contribution is 6.34. The molecular weight excluding hydrogens is 204 g/mol. The van der Waals surface area contributed by atoms with Crippen LogP contribution in [0.3, 0.4) is 0 Å². The molecule has 0 aromatic carbocycles. The second-order valence-corrected chi connectivity index (χ2v) is 3.98. The van der Waals surface area contributed by atoms with Crippen molar-refractivity contribution >= 4 is 17.6 Å². The zero-order chi connectivity index (χ0) is 10.3. The molecule has 1 N–H and O–H groups in total. The van der Waals surface area contributed by atoms with Crippen LogP contribution in [0, 0.1) is 0 Å². The molecule has 5 heteroatoms. The molecule has 0 saturated heterocycles. The van der Waals surface area contributed by atoms with Gasteiger partial charge in [-0.2, -0.15) is 5.10 Å². The second kappa shape index (κ2) is 3.28. The third-order valence-corrected chi connectivity index (χ3v) is 3.08. The van der Waals surface area contributed by atoms with Crippen LogP contribution in [-0.4, -0.2) is 20.9 Å². The van der Waals surface area contributed by atoms with E-state index in [-0.39, 0.29) is 5.69 Å². The molecule has 1 aliphatic rings. The molecule has 1 aliphatic carbocycles. The summed E-state index contributed by atoms with van der Waals surface area (Å²) >= 11 is 5.97. The largest absolute Gasteiger partial charge is 0.476 e. The third-order valence-electron chi connectivity index (χ3n) is 2.71. The number of aromatic nitrogens is 2. The summed E-state index contributed by atoms with van der Waals surface area (Å²) in [4.78, 5) is 10.8. The van der Waals surface area contributed by atoms with Gasteiger partial charge < -0.3 is 5.11 Å². The van der Waals surface area contributed by atoms with Crippen molar-refractivity contribution in [2.75, 3.05) is 0 Å². The van der Waals surface area contributed by atoms with E-state index in [0.29, 0.717) is 10.9 Å². The summed E-state index contributed by atoms with van der Waals surface area (Å²) in [6.45, 7) is 0. The van der Waals surface area contributed by atoms with Crippen molar-refractivity contribution in [3.8, 4) is 0 Å². The number of aromatic carboxylic acids is 1. The van der Waals surface area contributed by atoms with E-state index in [2.05, 4.69) is 5.10 Å². The van der Waals surface area contributed by atoms with Gasteiger partial charge in [0, 0.05) is 13.0 Å². The number of carbonyl (C=O) groups is 1. The summed E-state index contributed by atoms with van der Waals surface area (Å²) in [5.74, 6) is -0.655. The highest BCUT2D eigenvalue weighted by Gasteiger charge is 2.29. The average molecular weight is 215 g/mol. The molecule has 0 atom stereocenters. The molecule has 1 saturated carbocycles. The number of halogens is 1. The van der Waals surface area contributed by atoms with E-state index < -0.39 is 5.97 Å². The van der Waals surface area contributed by atoms with Gasteiger partial charge in [-0.15, -0.1) is 0 Å². The number of nitrogens with zero attached hydrogens (tertiary/aromatic N) is 2. The van der Waals surface area contributed by atoms with Crippen molar-refractivity contribution in [2.45, 2.75) is 25.2 Å². The first-order valence-electron chi connectivity index (χ1n) is 4.57. The van der Waals surface area contributed by atoms with Crippen LogP contribution >= 0.6 is 11.6 Å². The highest BCUT2D eigenvalue weighted by atomic mass is 35.5. The molecule has 1 heterocycles. The van der Waals surface area contributed by atoms with E-state index in [1.807, 2.05) is 0 Å². The quantitative estimate of drug-likeness (QED) is 0.820. The zero-order valence-electron chi connectivity index (χ0n) is 7.83. The lowest BCUT2D eigenvalue weighted by molar-refractivity contribution is 0.0685. The van der Waals surface area contributed by atoms with E-state index in [1.54, 1.807) is 7.05 Å². The summed E-state index contributed by atoms with van der Waals surface area (Å²) < 4.78 is 1.35. The molecular formula is C9H11ClN2O2. The molecule has 0 amide bonds. The van der Waals surface area contributed by atoms with Crippen LogP contribution < -0.4 is 0 Å². The van der Waals surface area contributed by atoms with E-state index in [4.69, 9.17) is 16.7 Å². The van der Waals surface area contributed by atoms with Crippen molar-refractivity contribution in [1.29, 1.82) is 0 Å². The van der Waals surface area contributed by atoms with Crippen LogP contribution in [0.5, 0.6) is 0 Å². The smallest absolute Gasteiger partial charge is 0.355 e. The van der Waals surface area contributed by atoms with Crippen LogP contribution in [0.4, 0.5) is 0 Å². The van der Waals surface area contributed by atoms with E-state index >= 15 is 0 Å². The Morgan fingerprint density at radius 3 is 2.64 bits per heavy atom. The number of rotatable bonds is 2. The molecule has 0 spiro atoms. The second-order valence-electron chi connectivity index (χ2n) is 3.60. The zero-order valence-corrected chi connectivity index (χ0v) is 8.58. The van der Waals surface area contributed by atoms with Crippen LogP contribution in [0.25, 0.3) is 0 Å². The predicted octanol–water partition coefficient (Wildman–Crippen LogP) is 2.04. The fourth-order valence-electron chi connectivity index (χ4n) is 1.69. The third kappa shape index (κ3) is 1.30. The number of carboxylic acids is 1. The fraction of sp³-hybridized carbons (Fsp3) is 0.556. The fourth-order valence-corrected chi connectivity index (χ4v) is 2.09. The van der Waals surface area contributed by atoms with Crippen molar-refractivity contribution in [1.82, 2.24) is 9.78 Å². The van der Waals surface area contributed by atoms with Crippen molar-refractivity contribution < 1.29 is 9.90 Å². The van der Waals surface area contributed by atoms with Crippen LogP contribution in [0.15, 0.2) is 0 Å². The van der Waals surface area contributed by atoms with Crippen LogP contribution in [0.2, 0.25) is 5.02 Å². The Morgan fingerprint density at radius 1 is 1.64 bits per heavy atom. The number of aryl methyl sites for hydroxylation is 1. The summed E-state index contributed by atoms with van der Waals surface area (Å²) in [6, 6.07) is 0. The van der Waals surface area contributed by atoms with Gasteiger partial charge in [0.15, 0.2) is 5.69 Å². The minimum absolute atomic E-state index is 0.0913. The Balaban J connectivity index is 2.42. The standard InChI is InChI=1S/C9H11ClN2O2/c1-12-8(9(13)14)6(10)7(11-12)5-3-2-4-5/h5H,2-4H2,1H3,(H,13,14). The Kier molecular flexibility index (Phi) is 2.23. The van der Waals surface area contributed by atoms with Gasteiger partial charge in [-0.3, -0.25) is 4.68 Å². The molecule has 0 unspecified atom stereocenters. The van der Waals surface area contributed by atoms with Gasteiger partial charge in [0.2, 0.25) is 0 Å². The SMILES string of the molecule is Cn1nc(C2CCC2)c(Cl)c1C(=O)O. The molecule has 0 bridgehead atoms. The van der Waals surface area contributed by atoms with Gasteiger partial charge in [-0.1, -0.05) is 18.0 Å². The first-order valence-corrected chi connectivity index (χ1v) is 4.94. The molecule has 0 aliphatic heterocycles. The summed E-state index contributed by atoms with van der Waals surface area (Å²) in [5, 5.41) is 13.4. The first kappa shape index (κ1) is 9.52. The van der Waals surface area contributed by atoms with Crippen molar-refractivity contribution in [3.05, 3.63) is 16.4 Å². The maximum absolute atomic E-state index is 10.8. The van der Waals surface area contributed by atoms with Crippen LogP contribution in [0.1, 0.15) is 41.4 Å². The molecule has 2 rings (SSSR count). The number of hydrogen-bond acceptors (Lipinski definition) is 2. The predicted molar refractivity (Wildman–Crippen MR) is 51.8 cm³/mol. The Labute approximate surface area is 86.5 Å². The summed E-state index contributed by atoms with van der Waals surface area (Å²) in [6.07, 6.45) is 3.31. The normalized spacial score (nSPS) is 16.7. The lowest BCUT2D eigenvalue weighted by Crippen LogP contribution is -2.10. The Bertz CT molecular complexity index is 382. The van der Waals surface area contributed by atoms with Gasteiger partial charge in [0.25, 0.3) is 0 Å². The molecule has 4 nitrogen and oxygen atoms in total. The monoisotopic (exact) mass is 214 g/mol. The minimum atomic E-state index is -1.02. The molecule has 0 radical (unpaired) electrons. The first-order chi connectivity index (χ1) is 6.61. The maximum atomic E-state index is 10.8. The molecule has 1 aromatic heterocycles. The van der Waals surface area contributed by atoms with E-state index in [0.717, 1.165) is 18.5 Å². The van der Waals surface area contributed by atoms with Gasteiger partial charge >= 0.3 is 5.97 Å². The highest BCUT2D eigenvalue weighted by Crippen LogP contribution is 2.39. The Hall–Kier alpha value is -1.03. The number of carboxylic acid groups (broad SMARTS) is 1. The average Bonchev–Trinajstić information content (AvgIpc) is 2.23. The lowest BCUT2D eigenvalue weighted by atomic mass is 9.83. The van der Waals surface area contributed by atoms with Crippen molar-refractivity contribution in [2.24, 2.45) is 7.05 Å². The van der Waals surface area contributed by atoms with Gasteiger partial charge in [0.05, 0.1) is 10.7 Å². The van der Waals surface area contributed by atoms with Crippen LogP contribution in [-0.2, 0) is 7.05 Å². The molecule has 76 valence electrons. The van der Waals surface area contributed by atoms with Gasteiger partial charge in [-0.05, 0) is 12.8 Å². The van der Waals surface area contributed by atoms with Crippen molar-refractivity contribution in [3.63, 3.8) is 0 Å². The van der Waals surface area contributed by atoms with Gasteiger partial charge in [-0.25, -0.2) is 4.79 Å². The minimum Gasteiger partial charge on any atom is -0.476 e.